The summed E-state index contributed by atoms with van der Waals surface area (Å²) in [7, 11) is 0. The predicted molar refractivity (Wildman–Crippen MR) is 93.7 cm³/mol. The number of hydrogen-bond acceptors (Lipinski definition) is 2. The Labute approximate surface area is 143 Å². The molecule has 0 spiro atoms. The van der Waals surface area contributed by atoms with Crippen molar-refractivity contribution in [3.63, 3.8) is 0 Å². The summed E-state index contributed by atoms with van der Waals surface area (Å²) < 4.78 is 6.59. The summed E-state index contributed by atoms with van der Waals surface area (Å²) in [5.41, 5.74) is 2.07. The summed E-state index contributed by atoms with van der Waals surface area (Å²) in [5, 5.41) is 4.64. The average molecular weight is 389 g/mol. The van der Waals surface area contributed by atoms with E-state index in [9.17, 15) is 0 Å². The molecular formula is C16H16BrCl2NO. The van der Waals surface area contributed by atoms with E-state index in [1.54, 1.807) is 0 Å². The maximum Gasteiger partial charge on any atom is 0.138 e. The Hall–Kier alpha value is -0.900. The van der Waals surface area contributed by atoms with E-state index in [4.69, 9.17) is 27.9 Å². The third-order valence-electron chi connectivity index (χ3n) is 2.79. The molecule has 0 amide bonds. The highest BCUT2D eigenvalue weighted by atomic mass is 79.9. The standard InChI is InChI=1S/C16H16BrCl2NO/c1-10(2)21-16-6-5-13(8-15(16)19)20-9-11-3-4-12(18)7-14(11)17/h3-8,10,20H,9H2,1-2H3. The van der Waals surface area contributed by atoms with Crippen molar-refractivity contribution >= 4 is 44.8 Å². The molecule has 0 saturated heterocycles. The number of hydrogen-bond donors (Lipinski definition) is 1. The lowest BCUT2D eigenvalue weighted by Gasteiger charge is -2.13. The Balaban J connectivity index is 2.05. The van der Waals surface area contributed by atoms with Crippen LogP contribution < -0.4 is 10.1 Å². The summed E-state index contributed by atoms with van der Waals surface area (Å²) in [6, 6.07) is 11.4. The zero-order valence-corrected chi connectivity index (χ0v) is 14.9. The lowest BCUT2D eigenvalue weighted by atomic mass is 10.2. The highest BCUT2D eigenvalue weighted by Gasteiger charge is 2.06. The quantitative estimate of drug-likeness (QED) is 0.662. The fraction of sp³-hybridized carbons (Fsp3) is 0.250. The van der Waals surface area contributed by atoms with Gasteiger partial charge in [-0.05, 0) is 49.7 Å². The van der Waals surface area contributed by atoms with Crippen LogP contribution in [-0.4, -0.2) is 6.10 Å². The van der Waals surface area contributed by atoms with E-state index in [2.05, 4.69) is 21.2 Å². The lowest BCUT2D eigenvalue weighted by molar-refractivity contribution is 0.242. The van der Waals surface area contributed by atoms with Crippen LogP contribution >= 0.6 is 39.1 Å². The van der Waals surface area contributed by atoms with Crippen LogP contribution in [0.15, 0.2) is 40.9 Å². The molecule has 0 heterocycles. The second-order valence-electron chi connectivity index (χ2n) is 4.90. The number of nitrogens with one attached hydrogen (secondary N) is 1. The molecule has 1 N–H and O–H groups in total. The smallest absolute Gasteiger partial charge is 0.138 e. The van der Waals surface area contributed by atoms with Gasteiger partial charge in [-0.3, -0.25) is 0 Å². The Morgan fingerprint density at radius 3 is 2.52 bits per heavy atom. The summed E-state index contributed by atoms with van der Waals surface area (Å²) in [6.45, 7) is 4.62. The molecule has 5 heteroatoms. The first-order valence-electron chi connectivity index (χ1n) is 6.59. The van der Waals surface area contributed by atoms with Crippen molar-refractivity contribution in [2.24, 2.45) is 0 Å². The zero-order chi connectivity index (χ0) is 15.4. The minimum Gasteiger partial charge on any atom is -0.489 e. The van der Waals surface area contributed by atoms with Crippen molar-refractivity contribution < 1.29 is 4.74 Å². The van der Waals surface area contributed by atoms with Gasteiger partial charge in [0.2, 0.25) is 0 Å². The van der Waals surface area contributed by atoms with E-state index < -0.39 is 0 Å². The molecule has 112 valence electrons. The molecule has 0 unspecified atom stereocenters. The van der Waals surface area contributed by atoms with E-state index in [0.717, 1.165) is 15.7 Å². The molecule has 0 aliphatic carbocycles. The van der Waals surface area contributed by atoms with Crippen molar-refractivity contribution in [3.05, 3.63) is 56.5 Å². The van der Waals surface area contributed by atoms with Crippen molar-refractivity contribution in [1.82, 2.24) is 0 Å². The number of anilines is 1. The van der Waals surface area contributed by atoms with Gasteiger partial charge in [-0.1, -0.05) is 45.2 Å². The third-order valence-corrected chi connectivity index (χ3v) is 4.06. The van der Waals surface area contributed by atoms with Gasteiger partial charge in [0.1, 0.15) is 5.75 Å². The summed E-state index contributed by atoms with van der Waals surface area (Å²) in [4.78, 5) is 0. The van der Waals surface area contributed by atoms with Gasteiger partial charge >= 0.3 is 0 Å². The van der Waals surface area contributed by atoms with Gasteiger partial charge in [0, 0.05) is 21.7 Å². The molecule has 0 aliphatic rings. The summed E-state index contributed by atoms with van der Waals surface area (Å²) in [6.07, 6.45) is 0.103. The predicted octanol–water partition coefficient (Wildman–Crippen LogP) is 6.16. The van der Waals surface area contributed by atoms with Crippen LogP contribution in [0.5, 0.6) is 5.75 Å². The minimum atomic E-state index is 0.103. The van der Waals surface area contributed by atoms with Gasteiger partial charge in [-0.15, -0.1) is 0 Å². The molecule has 0 aliphatic heterocycles. The number of halogens is 3. The first kappa shape index (κ1) is 16.5. The van der Waals surface area contributed by atoms with Crippen LogP contribution in [0.4, 0.5) is 5.69 Å². The first-order chi connectivity index (χ1) is 9.95. The topological polar surface area (TPSA) is 21.3 Å². The molecule has 2 nitrogen and oxygen atoms in total. The van der Waals surface area contributed by atoms with Crippen LogP contribution in [0.1, 0.15) is 19.4 Å². The second kappa shape index (κ2) is 7.39. The van der Waals surface area contributed by atoms with Crippen molar-refractivity contribution in [2.75, 3.05) is 5.32 Å². The molecule has 0 saturated carbocycles. The van der Waals surface area contributed by atoms with Crippen molar-refractivity contribution in [1.29, 1.82) is 0 Å². The van der Waals surface area contributed by atoms with Gasteiger partial charge in [0.15, 0.2) is 0 Å². The van der Waals surface area contributed by atoms with Gasteiger partial charge < -0.3 is 10.1 Å². The fourth-order valence-electron chi connectivity index (χ4n) is 1.82. The molecule has 2 aromatic rings. The first-order valence-corrected chi connectivity index (χ1v) is 8.14. The van der Waals surface area contributed by atoms with Crippen LogP contribution in [0, 0.1) is 0 Å². The maximum absolute atomic E-state index is 6.22. The third kappa shape index (κ3) is 4.80. The highest BCUT2D eigenvalue weighted by Crippen LogP contribution is 2.29. The van der Waals surface area contributed by atoms with E-state index in [1.807, 2.05) is 50.2 Å². The molecule has 0 aromatic heterocycles. The summed E-state index contributed by atoms with van der Waals surface area (Å²) >= 11 is 15.7. The lowest BCUT2D eigenvalue weighted by Crippen LogP contribution is -2.06. The molecular weight excluding hydrogens is 373 g/mol. The van der Waals surface area contributed by atoms with E-state index in [0.29, 0.717) is 22.3 Å². The van der Waals surface area contributed by atoms with Crippen LogP contribution in [0.3, 0.4) is 0 Å². The van der Waals surface area contributed by atoms with E-state index in [1.165, 1.54) is 0 Å². The minimum absolute atomic E-state index is 0.103. The van der Waals surface area contributed by atoms with Crippen LogP contribution in [-0.2, 0) is 6.54 Å². The number of rotatable bonds is 5. The Bertz CT molecular complexity index is 632. The molecule has 0 radical (unpaired) electrons. The molecule has 2 rings (SSSR count). The normalized spacial score (nSPS) is 10.8. The Kier molecular flexibility index (Phi) is 5.80. The monoisotopic (exact) mass is 387 g/mol. The average Bonchev–Trinajstić information content (AvgIpc) is 2.40. The fourth-order valence-corrected chi connectivity index (χ4v) is 2.87. The van der Waals surface area contributed by atoms with Gasteiger partial charge in [-0.2, -0.15) is 0 Å². The Morgan fingerprint density at radius 2 is 1.90 bits per heavy atom. The molecule has 0 bridgehead atoms. The number of benzene rings is 2. The van der Waals surface area contributed by atoms with Crippen molar-refractivity contribution in [3.8, 4) is 5.75 Å². The van der Waals surface area contributed by atoms with Gasteiger partial charge in [-0.25, -0.2) is 0 Å². The highest BCUT2D eigenvalue weighted by molar-refractivity contribution is 9.10. The van der Waals surface area contributed by atoms with Crippen LogP contribution in [0.2, 0.25) is 10.0 Å². The second-order valence-corrected chi connectivity index (χ2v) is 6.60. The SMILES string of the molecule is CC(C)Oc1ccc(NCc2ccc(Cl)cc2Br)cc1Cl. The zero-order valence-electron chi connectivity index (χ0n) is 11.8. The van der Waals surface area contributed by atoms with Crippen molar-refractivity contribution in [2.45, 2.75) is 26.5 Å². The largest absolute Gasteiger partial charge is 0.489 e. The van der Waals surface area contributed by atoms with E-state index in [-0.39, 0.29) is 6.10 Å². The van der Waals surface area contributed by atoms with Gasteiger partial charge in [0.05, 0.1) is 11.1 Å². The molecule has 2 aromatic carbocycles. The number of ether oxygens (including phenoxy) is 1. The molecule has 0 atom stereocenters. The van der Waals surface area contributed by atoms with E-state index >= 15 is 0 Å². The van der Waals surface area contributed by atoms with Crippen LogP contribution in [0.25, 0.3) is 0 Å². The molecule has 21 heavy (non-hydrogen) atoms. The summed E-state index contributed by atoms with van der Waals surface area (Å²) in [5.74, 6) is 0.699. The Morgan fingerprint density at radius 1 is 1.14 bits per heavy atom. The maximum atomic E-state index is 6.22. The van der Waals surface area contributed by atoms with Gasteiger partial charge in [0.25, 0.3) is 0 Å². The molecule has 0 fully saturated rings.